The number of hydrogen-bond donors (Lipinski definition) is 2. The van der Waals surface area contributed by atoms with Gasteiger partial charge in [0.1, 0.15) is 0 Å². The number of nitrogens with one attached hydrogen (secondary N) is 1. The van der Waals surface area contributed by atoms with Gasteiger partial charge in [-0.1, -0.05) is 18.2 Å². The predicted octanol–water partition coefficient (Wildman–Crippen LogP) is 1.78. The van der Waals surface area contributed by atoms with Crippen LogP contribution in [0.3, 0.4) is 0 Å². The highest BCUT2D eigenvalue weighted by Crippen LogP contribution is 2.27. The minimum atomic E-state index is 0.274. The average Bonchev–Trinajstić information content (AvgIpc) is 2.65. The number of nitrogens with two attached hydrogens (primary N) is 1. The third-order valence-corrected chi connectivity index (χ3v) is 2.66. The molecule has 0 fully saturated rings. The highest BCUT2D eigenvalue weighted by Gasteiger charge is 2.07. The van der Waals surface area contributed by atoms with Gasteiger partial charge in [-0.15, -0.1) is 16.9 Å². The first-order valence-electron chi connectivity index (χ1n) is 4.12. The van der Waals surface area contributed by atoms with Gasteiger partial charge in [0.15, 0.2) is 5.82 Å². The van der Waals surface area contributed by atoms with Gasteiger partial charge in [-0.25, -0.2) is 0 Å². The van der Waals surface area contributed by atoms with Crippen LogP contribution in [0.15, 0.2) is 29.2 Å². The van der Waals surface area contributed by atoms with Gasteiger partial charge in [-0.05, 0) is 12.3 Å². The number of benzene rings is 1. The molecule has 5 heteroatoms. The second-order valence-electron chi connectivity index (χ2n) is 2.74. The van der Waals surface area contributed by atoms with Crippen molar-refractivity contribution < 1.29 is 0 Å². The molecule has 0 aliphatic carbocycles. The number of thioether (sulfide) groups is 1. The van der Waals surface area contributed by atoms with E-state index in [-0.39, 0.29) is 5.95 Å². The molecule has 72 valence electrons. The molecule has 0 spiro atoms. The molecular formula is C9H10N4S. The molecule has 3 N–H and O–H groups in total. The fourth-order valence-corrected chi connectivity index (χ4v) is 1.83. The lowest BCUT2D eigenvalue weighted by Crippen LogP contribution is -1.86. The zero-order chi connectivity index (χ0) is 9.97. The molecule has 0 aliphatic heterocycles. The zero-order valence-electron chi connectivity index (χ0n) is 7.69. The Morgan fingerprint density at radius 2 is 2.14 bits per heavy atom. The Kier molecular flexibility index (Phi) is 2.41. The van der Waals surface area contributed by atoms with Crippen molar-refractivity contribution in [2.75, 3.05) is 12.0 Å². The standard InChI is InChI=1S/C9H10N4S/c1-14-7-5-3-2-4-6(7)8-11-9(10)13-12-8/h2-5H,1H3,(H3,10,11,12,13). The number of anilines is 1. The molecule has 2 rings (SSSR count). The fraction of sp³-hybridized carbons (Fsp3) is 0.111. The lowest BCUT2D eigenvalue weighted by Gasteiger charge is -2.02. The van der Waals surface area contributed by atoms with E-state index in [1.807, 2.05) is 30.5 Å². The molecule has 0 unspecified atom stereocenters. The first kappa shape index (κ1) is 9.08. The van der Waals surface area contributed by atoms with E-state index in [9.17, 15) is 0 Å². The lowest BCUT2D eigenvalue weighted by molar-refractivity contribution is 1.10. The maximum Gasteiger partial charge on any atom is 0.239 e. The highest BCUT2D eigenvalue weighted by atomic mass is 32.2. The van der Waals surface area contributed by atoms with E-state index < -0.39 is 0 Å². The average molecular weight is 206 g/mol. The Morgan fingerprint density at radius 1 is 1.36 bits per heavy atom. The van der Waals surface area contributed by atoms with Crippen LogP contribution < -0.4 is 5.73 Å². The quantitative estimate of drug-likeness (QED) is 0.735. The van der Waals surface area contributed by atoms with E-state index in [0.29, 0.717) is 5.82 Å². The fourth-order valence-electron chi connectivity index (χ4n) is 1.24. The van der Waals surface area contributed by atoms with Gasteiger partial charge < -0.3 is 5.73 Å². The Bertz CT molecular complexity index is 438. The molecule has 0 radical (unpaired) electrons. The van der Waals surface area contributed by atoms with Crippen LogP contribution in [0.25, 0.3) is 11.4 Å². The molecular weight excluding hydrogens is 196 g/mol. The van der Waals surface area contributed by atoms with Crippen LogP contribution in [0, 0.1) is 0 Å². The van der Waals surface area contributed by atoms with Gasteiger partial charge in [0, 0.05) is 10.5 Å². The summed E-state index contributed by atoms with van der Waals surface area (Å²) in [5.74, 6) is 0.989. The number of nitrogen functional groups attached to an aromatic ring is 1. The van der Waals surface area contributed by atoms with Crippen molar-refractivity contribution >= 4 is 17.7 Å². The van der Waals surface area contributed by atoms with Crippen LogP contribution in [0.4, 0.5) is 5.95 Å². The second-order valence-corrected chi connectivity index (χ2v) is 3.59. The number of aromatic nitrogens is 3. The molecule has 0 amide bonds. The second kappa shape index (κ2) is 3.71. The normalized spacial score (nSPS) is 10.4. The van der Waals surface area contributed by atoms with Gasteiger partial charge in [-0.2, -0.15) is 4.98 Å². The van der Waals surface area contributed by atoms with Crippen LogP contribution in [-0.4, -0.2) is 21.4 Å². The SMILES string of the molecule is CSc1ccccc1-c1nc(N)n[nH]1. The molecule has 0 atom stereocenters. The lowest BCUT2D eigenvalue weighted by atomic mass is 10.2. The summed E-state index contributed by atoms with van der Waals surface area (Å²) in [6.07, 6.45) is 2.03. The van der Waals surface area contributed by atoms with E-state index >= 15 is 0 Å². The smallest absolute Gasteiger partial charge is 0.239 e. The van der Waals surface area contributed by atoms with Gasteiger partial charge in [-0.3, -0.25) is 5.10 Å². The van der Waals surface area contributed by atoms with Crippen molar-refractivity contribution in [2.45, 2.75) is 4.90 Å². The first-order chi connectivity index (χ1) is 6.81. The largest absolute Gasteiger partial charge is 0.366 e. The van der Waals surface area contributed by atoms with Crippen LogP contribution >= 0.6 is 11.8 Å². The maximum absolute atomic E-state index is 5.45. The minimum Gasteiger partial charge on any atom is -0.366 e. The summed E-state index contributed by atoms with van der Waals surface area (Å²) < 4.78 is 0. The van der Waals surface area contributed by atoms with Gasteiger partial charge in [0.25, 0.3) is 0 Å². The van der Waals surface area contributed by atoms with Crippen molar-refractivity contribution in [1.82, 2.24) is 15.2 Å². The summed E-state index contributed by atoms with van der Waals surface area (Å²) in [6.45, 7) is 0. The summed E-state index contributed by atoms with van der Waals surface area (Å²) >= 11 is 1.67. The van der Waals surface area contributed by atoms with Crippen molar-refractivity contribution in [2.24, 2.45) is 0 Å². The monoisotopic (exact) mass is 206 g/mol. The van der Waals surface area contributed by atoms with Crippen molar-refractivity contribution in [3.8, 4) is 11.4 Å². The van der Waals surface area contributed by atoms with Crippen LogP contribution in [0.1, 0.15) is 0 Å². The summed E-state index contributed by atoms with van der Waals surface area (Å²) in [4.78, 5) is 5.24. The molecule has 1 heterocycles. The highest BCUT2D eigenvalue weighted by molar-refractivity contribution is 7.98. The Hall–Kier alpha value is -1.49. The third-order valence-electron chi connectivity index (χ3n) is 1.86. The molecule has 0 bridgehead atoms. The molecule has 0 aliphatic rings. The first-order valence-corrected chi connectivity index (χ1v) is 5.35. The van der Waals surface area contributed by atoms with Crippen LogP contribution in [0.2, 0.25) is 0 Å². The summed E-state index contributed by atoms with van der Waals surface area (Å²) in [5.41, 5.74) is 6.48. The predicted molar refractivity (Wildman–Crippen MR) is 58.0 cm³/mol. The number of nitrogens with zero attached hydrogens (tertiary/aromatic N) is 2. The van der Waals surface area contributed by atoms with E-state index in [0.717, 1.165) is 10.5 Å². The molecule has 1 aromatic carbocycles. The minimum absolute atomic E-state index is 0.274. The zero-order valence-corrected chi connectivity index (χ0v) is 8.51. The molecule has 1 aromatic heterocycles. The van der Waals surface area contributed by atoms with Crippen molar-refractivity contribution in [3.63, 3.8) is 0 Å². The van der Waals surface area contributed by atoms with Crippen LogP contribution in [0.5, 0.6) is 0 Å². The number of aromatic amines is 1. The maximum atomic E-state index is 5.45. The van der Waals surface area contributed by atoms with E-state index in [1.54, 1.807) is 11.8 Å². The summed E-state index contributed by atoms with van der Waals surface area (Å²) in [6, 6.07) is 7.99. The molecule has 14 heavy (non-hydrogen) atoms. The number of hydrogen-bond acceptors (Lipinski definition) is 4. The summed E-state index contributed by atoms with van der Waals surface area (Å²) in [7, 11) is 0. The van der Waals surface area contributed by atoms with Gasteiger partial charge in [0.2, 0.25) is 5.95 Å². The van der Waals surface area contributed by atoms with Crippen molar-refractivity contribution in [1.29, 1.82) is 0 Å². The summed E-state index contributed by atoms with van der Waals surface area (Å²) in [5, 5.41) is 6.60. The molecule has 0 saturated carbocycles. The van der Waals surface area contributed by atoms with Gasteiger partial charge in [0.05, 0.1) is 0 Å². The molecule has 2 aromatic rings. The van der Waals surface area contributed by atoms with E-state index in [4.69, 9.17) is 5.73 Å². The Labute approximate surface area is 85.9 Å². The van der Waals surface area contributed by atoms with Gasteiger partial charge >= 0.3 is 0 Å². The number of H-pyrrole nitrogens is 1. The molecule has 4 nitrogen and oxygen atoms in total. The molecule has 0 saturated heterocycles. The Balaban J connectivity index is 2.50. The van der Waals surface area contributed by atoms with E-state index in [2.05, 4.69) is 15.2 Å². The van der Waals surface area contributed by atoms with Crippen molar-refractivity contribution in [3.05, 3.63) is 24.3 Å². The van der Waals surface area contributed by atoms with Crippen LogP contribution in [-0.2, 0) is 0 Å². The third kappa shape index (κ3) is 1.58. The van der Waals surface area contributed by atoms with E-state index in [1.165, 1.54) is 0 Å². The Morgan fingerprint density at radius 3 is 2.79 bits per heavy atom. The number of rotatable bonds is 2. The topological polar surface area (TPSA) is 67.6 Å².